The summed E-state index contributed by atoms with van der Waals surface area (Å²) in [7, 11) is 0. The summed E-state index contributed by atoms with van der Waals surface area (Å²) in [5, 5.41) is 15.3. The summed E-state index contributed by atoms with van der Waals surface area (Å²) in [6, 6.07) is 24.5. The van der Waals surface area contributed by atoms with Crippen LogP contribution in [0.4, 0.5) is 0 Å². The number of hydrogen-bond acceptors (Lipinski definition) is 2. The number of aromatic nitrogens is 2. The van der Waals surface area contributed by atoms with E-state index < -0.39 is 0 Å². The third-order valence-corrected chi connectivity index (χ3v) is 4.85. The molecule has 0 saturated carbocycles. The van der Waals surface area contributed by atoms with Crippen LogP contribution in [0.25, 0.3) is 28.1 Å². The molecule has 0 unspecified atom stereocenters. The van der Waals surface area contributed by atoms with Gasteiger partial charge in [-0.3, -0.25) is 0 Å². The van der Waals surface area contributed by atoms with E-state index in [-0.39, 0.29) is 5.88 Å². The number of hydrogen-bond donors (Lipinski definition) is 1. The van der Waals surface area contributed by atoms with Crippen LogP contribution >= 0.6 is 0 Å². The first-order valence-corrected chi connectivity index (χ1v) is 9.06. The zero-order chi connectivity index (χ0) is 19.0. The van der Waals surface area contributed by atoms with Gasteiger partial charge in [0.15, 0.2) is 0 Å². The van der Waals surface area contributed by atoms with Gasteiger partial charge in [-0.25, -0.2) is 4.68 Å². The second kappa shape index (κ2) is 6.76. The molecule has 1 heterocycles. The fourth-order valence-electron chi connectivity index (χ4n) is 3.43. The van der Waals surface area contributed by atoms with Gasteiger partial charge in [-0.05, 0) is 49.6 Å². The highest BCUT2D eigenvalue weighted by atomic mass is 16.3. The maximum atomic E-state index is 10.8. The molecule has 0 fully saturated rings. The molecule has 3 aromatic carbocycles. The highest BCUT2D eigenvalue weighted by Crippen LogP contribution is 2.41. The number of aromatic hydroxyl groups is 1. The molecule has 1 aromatic heterocycles. The predicted molar refractivity (Wildman–Crippen MR) is 110 cm³/mol. The van der Waals surface area contributed by atoms with Crippen molar-refractivity contribution in [1.82, 2.24) is 9.78 Å². The number of aryl methyl sites for hydroxylation is 3. The maximum absolute atomic E-state index is 10.8. The van der Waals surface area contributed by atoms with Crippen LogP contribution in [0.3, 0.4) is 0 Å². The molecule has 3 heteroatoms. The Morgan fingerprint density at radius 2 is 1.52 bits per heavy atom. The van der Waals surface area contributed by atoms with E-state index in [0.717, 1.165) is 39.2 Å². The Morgan fingerprint density at radius 1 is 0.778 bits per heavy atom. The van der Waals surface area contributed by atoms with Crippen molar-refractivity contribution in [2.75, 3.05) is 0 Å². The van der Waals surface area contributed by atoms with Crippen LogP contribution in [0.1, 0.15) is 16.7 Å². The first-order valence-electron chi connectivity index (χ1n) is 9.06. The van der Waals surface area contributed by atoms with E-state index >= 15 is 0 Å². The van der Waals surface area contributed by atoms with Crippen molar-refractivity contribution in [1.29, 1.82) is 0 Å². The standard InChI is InChI=1S/C24H22N2O/c1-16-11-13-19(14-12-16)22-23(21-10-5-4-8-18(21)3)26(25-24(22)27)20-9-6-7-17(2)15-20/h4-15H,1-3H3,(H,25,27). The average molecular weight is 354 g/mol. The molecule has 4 rings (SSSR count). The quantitative estimate of drug-likeness (QED) is 0.502. The van der Waals surface area contributed by atoms with Crippen LogP contribution in [0.15, 0.2) is 72.8 Å². The molecular formula is C24H22N2O. The lowest BCUT2D eigenvalue weighted by Crippen LogP contribution is -2.00. The van der Waals surface area contributed by atoms with Crippen molar-refractivity contribution in [3.63, 3.8) is 0 Å². The van der Waals surface area contributed by atoms with Gasteiger partial charge in [0, 0.05) is 5.56 Å². The highest BCUT2D eigenvalue weighted by Gasteiger charge is 2.22. The average Bonchev–Trinajstić information content (AvgIpc) is 3.00. The molecule has 0 saturated heterocycles. The lowest BCUT2D eigenvalue weighted by Gasteiger charge is -2.13. The van der Waals surface area contributed by atoms with Crippen LogP contribution < -0.4 is 0 Å². The molecule has 0 bridgehead atoms. The number of rotatable bonds is 3. The highest BCUT2D eigenvalue weighted by molar-refractivity contribution is 5.87. The monoisotopic (exact) mass is 354 g/mol. The minimum absolute atomic E-state index is 0.0404. The topological polar surface area (TPSA) is 38.1 Å². The first-order chi connectivity index (χ1) is 13.0. The van der Waals surface area contributed by atoms with Gasteiger partial charge >= 0.3 is 0 Å². The zero-order valence-corrected chi connectivity index (χ0v) is 15.8. The van der Waals surface area contributed by atoms with Crippen molar-refractivity contribution in [3.05, 3.63) is 89.5 Å². The van der Waals surface area contributed by atoms with E-state index in [0.29, 0.717) is 0 Å². The van der Waals surface area contributed by atoms with Gasteiger partial charge in [0.25, 0.3) is 0 Å². The Bertz CT molecular complexity index is 1110. The van der Waals surface area contributed by atoms with Crippen LogP contribution in [0, 0.1) is 20.8 Å². The van der Waals surface area contributed by atoms with Gasteiger partial charge in [-0.15, -0.1) is 5.10 Å². The van der Waals surface area contributed by atoms with E-state index in [1.165, 1.54) is 5.56 Å². The molecule has 0 spiro atoms. The second-order valence-electron chi connectivity index (χ2n) is 6.98. The van der Waals surface area contributed by atoms with Gasteiger partial charge in [0.05, 0.1) is 16.9 Å². The molecule has 0 atom stereocenters. The maximum Gasteiger partial charge on any atom is 0.239 e. The molecule has 0 aliphatic rings. The third kappa shape index (κ3) is 3.13. The van der Waals surface area contributed by atoms with E-state index in [1.807, 2.05) is 41.1 Å². The van der Waals surface area contributed by atoms with Crippen LogP contribution in [-0.4, -0.2) is 14.9 Å². The fraction of sp³-hybridized carbons (Fsp3) is 0.125. The van der Waals surface area contributed by atoms with Gasteiger partial charge < -0.3 is 5.11 Å². The summed E-state index contributed by atoms with van der Waals surface area (Å²) in [5.41, 5.74) is 8.07. The predicted octanol–water partition coefficient (Wildman–Crippen LogP) is 5.84. The lowest BCUT2D eigenvalue weighted by molar-refractivity contribution is 0.449. The van der Waals surface area contributed by atoms with Crippen molar-refractivity contribution in [3.8, 4) is 34.0 Å². The normalized spacial score (nSPS) is 10.9. The summed E-state index contributed by atoms with van der Waals surface area (Å²) in [6.45, 7) is 6.20. The van der Waals surface area contributed by atoms with Crippen molar-refractivity contribution in [2.24, 2.45) is 0 Å². The minimum Gasteiger partial charge on any atom is -0.492 e. The summed E-state index contributed by atoms with van der Waals surface area (Å²) < 4.78 is 1.85. The Labute approximate surface area is 159 Å². The Hall–Kier alpha value is -3.33. The van der Waals surface area contributed by atoms with Crippen LogP contribution in [-0.2, 0) is 0 Å². The molecule has 4 aromatic rings. The van der Waals surface area contributed by atoms with Gasteiger partial charge in [0.1, 0.15) is 0 Å². The van der Waals surface area contributed by atoms with Crippen molar-refractivity contribution >= 4 is 0 Å². The van der Waals surface area contributed by atoms with Crippen LogP contribution in [0.5, 0.6) is 5.88 Å². The molecule has 134 valence electrons. The summed E-state index contributed by atoms with van der Waals surface area (Å²) in [6.07, 6.45) is 0. The SMILES string of the molecule is Cc1ccc(-c2c(O)nn(-c3cccc(C)c3)c2-c2ccccc2C)cc1. The third-order valence-electron chi connectivity index (χ3n) is 4.85. The minimum atomic E-state index is 0.0404. The molecule has 3 nitrogen and oxygen atoms in total. The van der Waals surface area contributed by atoms with E-state index in [1.54, 1.807) is 0 Å². The molecule has 27 heavy (non-hydrogen) atoms. The Morgan fingerprint density at radius 3 is 2.22 bits per heavy atom. The summed E-state index contributed by atoms with van der Waals surface area (Å²) in [5.74, 6) is 0.0404. The smallest absolute Gasteiger partial charge is 0.239 e. The Balaban J connectivity index is 2.05. The van der Waals surface area contributed by atoms with Gasteiger partial charge in [-0.1, -0.05) is 66.2 Å². The summed E-state index contributed by atoms with van der Waals surface area (Å²) >= 11 is 0. The number of benzene rings is 3. The molecule has 1 N–H and O–H groups in total. The van der Waals surface area contributed by atoms with E-state index in [2.05, 4.69) is 62.3 Å². The fourth-order valence-corrected chi connectivity index (χ4v) is 3.43. The zero-order valence-electron chi connectivity index (χ0n) is 15.8. The van der Waals surface area contributed by atoms with Crippen molar-refractivity contribution in [2.45, 2.75) is 20.8 Å². The summed E-state index contributed by atoms with van der Waals surface area (Å²) in [4.78, 5) is 0. The largest absolute Gasteiger partial charge is 0.492 e. The number of nitrogens with zero attached hydrogens (tertiary/aromatic N) is 2. The van der Waals surface area contributed by atoms with E-state index in [4.69, 9.17) is 0 Å². The molecule has 0 aliphatic heterocycles. The van der Waals surface area contributed by atoms with E-state index in [9.17, 15) is 5.11 Å². The Kier molecular flexibility index (Phi) is 4.28. The molecule has 0 radical (unpaired) electrons. The second-order valence-corrected chi connectivity index (χ2v) is 6.98. The lowest BCUT2D eigenvalue weighted by atomic mass is 9.97. The molecule has 0 aliphatic carbocycles. The molecular weight excluding hydrogens is 332 g/mol. The van der Waals surface area contributed by atoms with Crippen LogP contribution in [0.2, 0.25) is 0 Å². The van der Waals surface area contributed by atoms with Gasteiger partial charge in [0.2, 0.25) is 5.88 Å². The van der Waals surface area contributed by atoms with Gasteiger partial charge in [-0.2, -0.15) is 0 Å². The van der Waals surface area contributed by atoms with Crippen molar-refractivity contribution < 1.29 is 5.11 Å². The molecule has 0 amide bonds. The first kappa shape index (κ1) is 17.1.